The van der Waals surface area contributed by atoms with E-state index >= 15 is 0 Å². The lowest BCUT2D eigenvalue weighted by molar-refractivity contribution is 0.0908. The summed E-state index contributed by atoms with van der Waals surface area (Å²) in [6.45, 7) is 2.22. The number of hydrogen-bond donors (Lipinski definition) is 1. The van der Waals surface area contributed by atoms with Gasteiger partial charge in [-0.25, -0.2) is 0 Å². The summed E-state index contributed by atoms with van der Waals surface area (Å²) in [6, 6.07) is 21.4. The van der Waals surface area contributed by atoms with Crippen molar-refractivity contribution in [2.24, 2.45) is 0 Å². The number of amides is 1. The maximum absolute atomic E-state index is 12.3. The van der Waals surface area contributed by atoms with Crippen LogP contribution in [0.3, 0.4) is 0 Å². The van der Waals surface area contributed by atoms with E-state index in [1.807, 2.05) is 60.8 Å². The first kappa shape index (κ1) is 17.4. The van der Waals surface area contributed by atoms with Gasteiger partial charge in [0.2, 0.25) is 0 Å². The highest BCUT2D eigenvalue weighted by atomic mass is 32.1. The van der Waals surface area contributed by atoms with Crippen LogP contribution in [0.2, 0.25) is 0 Å². The summed E-state index contributed by atoms with van der Waals surface area (Å²) < 4.78 is 11.4. The number of rotatable bonds is 6. The third kappa shape index (κ3) is 4.04. The topological polar surface area (TPSA) is 51.5 Å². The second kappa shape index (κ2) is 7.68. The van der Waals surface area contributed by atoms with E-state index < -0.39 is 0 Å². The monoisotopic (exact) mass is 377 g/mol. The van der Waals surface area contributed by atoms with Crippen LogP contribution >= 0.6 is 11.3 Å². The molecular formula is C22H19NO3S. The molecule has 2 heterocycles. The number of fused-ring (bicyclic) bond motifs is 1. The first-order valence-corrected chi connectivity index (χ1v) is 9.61. The molecule has 0 fully saturated rings. The van der Waals surface area contributed by atoms with Crippen molar-refractivity contribution in [3.8, 4) is 5.75 Å². The van der Waals surface area contributed by atoms with E-state index in [1.54, 1.807) is 23.5 Å². The smallest absolute Gasteiger partial charge is 0.287 e. The minimum Gasteiger partial charge on any atom is -0.486 e. The zero-order chi connectivity index (χ0) is 18.6. The second-order valence-electron chi connectivity index (χ2n) is 6.27. The molecule has 4 aromatic rings. The summed E-state index contributed by atoms with van der Waals surface area (Å²) >= 11 is 1.61. The van der Waals surface area contributed by atoms with Crippen molar-refractivity contribution in [2.45, 2.75) is 19.6 Å². The molecule has 1 N–H and O–H groups in total. The second-order valence-corrected chi connectivity index (χ2v) is 7.25. The van der Waals surface area contributed by atoms with E-state index in [1.165, 1.54) is 5.39 Å². The van der Waals surface area contributed by atoms with Gasteiger partial charge in [-0.05, 0) is 53.4 Å². The SMILES string of the molecule is CC(NC(=O)c1ccc(COc2ccc3ccccc3c2)o1)c1cccs1. The van der Waals surface area contributed by atoms with E-state index in [2.05, 4.69) is 11.4 Å². The Kier molecular flexibility index (Phi) is 4.94. The number of nitrogens with one attached hydrogen (secondary N) is 1. The van der Waals surface area contributed by atoms with Crippen LogP contribution in [0.5, 0.6) is 5.75 Å². The summed E-state index contributed by atoms with van der Waals surface area (Å²) in [5.41, 5.74) is 0. The van der Waals surface area contributed by atoms with Crippen molar-refractivity contribution in [3.63, 3.8) is 0 Å². The molecule has 4 rings (SSSR count). The molecule has 0 aliphatic carbocycles. The van der Waals surface area contributed by atoms with Crippen molar-refractivity contribution in [3.05, 3.63) is 88.5 Å². The first-order chi connectivity index (χ1) is 13.2. The van der Waals surface area contributed by atoms with Gasteiger partial charge in [0.15, 0.2) is 5.76 Å². The van der Waals surface area contributed by atoms with Gasteiger partial charge in [-0.3, -0.25) is 4.79 Å². The summed E-state index contributed by atoms with van der Waals surface area (Å²) in [5, 5.41) is 7.23. The van der Waals surface area contributed by atoms with Crippen LogP contribution in [-0.2, 0) is 6.61 Å². The van der Waals surface area contributed by atoms with Crippen molar-refractivity contribution in [2.75, 3.05) is 0 Å². The fourth-order valence-corrected chi connectivity index (χ4v) is 3.60. The number of ether oxygens (including phenoxy) is 1. The number of furan rings is 1. The van der Waals surface area contributed by atoms with E-state index in [9.17, 15) is 4.79 Å². The van der Waals surface area contributed by atoms with Crippen LogP contribution in [0.25, 0.3) is 10.8 Å². The minimum atomic E-state index is -0.229. The third-order valence-corrected chi connectivity index (χ3v) is 5.36. The summed E-state index contributed by atoms with van der Waals surface area (Å²) in [5.74, 6) is 1.43. The lowest BCUT2D eigenvalue weighted by Crippen LogP contribution is -2.25. The molecule has 0 spiro atoms. The number of thiophene rings is 1. The van der Waals surface area contributed by atoms with Gasteiger partial charge in [-0.2, -0.15) is 0 Å². The molecule has 0 bridgehead atoms. The van der Waals surface area contributed by atoms with E-state index in [4.69, 9.17) is 9.15 Å². The van der Waals surface area contributed by atoms with E-state index in [0.717, 1.165) is 16.0 Å². The Morgan fingerprint density at radius 1 is 1.07 bits per heavy atom. The number of carbonyl (C=O) groups excluding carboxylic acids is 1. The van der Waals surface area contributed by atoms with Gasteiger partial charge in [0.1, 0.15) is 18.1 Å². The molecule has 2 aromatic carbocycles. The lowest BCUT2D eigenvalue weighted by Gasteiger charge is -2.10. The van der Waals surface area contributed by atoms with Gasteiger partial charge in [0, 0.05) is 4.88 Å². The van der Waals surface area contributed by atoms with Crippen LogP contribution in [0, 0.1) is 0 Å². The summed E-state index contributed by atoms with van der Waals surface area (Å²) in [4.78, 5) is 13.4. The largest absolute Gasteiger partial charge is 0.486 e. The zero-order valence-electron chi connectivity index (χ0n) is 14.8. The standard InChI is InChI=1S/C22H19NO3S/c1-15(21-7-4-12-27-21)23-22(24)20-11-10-19(26-20)14-25-18-9-8-16-5-2-3-6-17(16)13-18/h2-13,15H,14H2,1H3,(H,23,24). The quantitative estimate of drug-likeness (QED) is 0.478. The molecule has 136 valence electrons. The van der Waals surface area contributed by atoms with Gasteiger partial charge in [-0.1, -0.05) is 36.4 Å². The normalized spacial score (nSPS) is 12.0. The molecule has 1 unspecified atom stereocenters. The molecule has 1 atom stereocenters. The maximum Gasteiger partial charge on any atom is 0.287 e. The molecule has 0 aliphatic heterocycles. The number of carbonyl (C=O) groups is 1. The van der Waals surface area contributed by atoms with Gasteiger partial charge < -0.3 is 14.5 Å². The van der Waals surface area contributed by atoms with Crippen LogP contribution in [0.15, 0.2) is 76.5 Å². The Morgan fingerprint density at radius 2 is 1.93 bits per heavy atom. The molecule has 0 aliphatic rings. The van der Waals surface area contributed by atoms with E-state index in [-0.39, 0.29) is 24.3 Å². The first-order valence-electron chi connectivity index (χ1n) is 8.73. The van der Waals surface area contributed by atoms with Crippen molar-refractivity contribution >= 4 is 28.0 Å². The Labute approximate surface area is 161 Å². The molecule has 2 aromatic heterocycles. The Bertz CT molecular complexity index is 1050. The van der Waals surface area contributed by atoms with Gasteiger partial charge in [0.25, 0.3) is 5.91 Å². The van der Waals surface area contributed by atoms with Crippen LogP contribution in [0.1, 0.15) is 34.2 Å². The molecule has 1 amide bonds. The van der Waals surface area contributed by atoms with Crippen molar-refractivity contribution in [1.82, 2.24) is 5.32 Å². The van der Waals surface area contributed by atoms with Gasteiger partial charge in [0.05, 0.1) is 6.04 Å². The van der Waals surface area contributed by atoms with Crippen LogP contribution in [0.4, 0.5) is 0 Å². The molecule has 5 heteroatoms. The minimum absolute atomic E-state index is 0.0556. The lowest BCUT2D eigenvalue weighted by atomic mass is 10.1. The highest BCUT2D eigenvalue weighted by molar-refractivity contribution is 7.10. The van der Waals surface area contributed by atoms with E-state index in [0.29, 0.717) is 5.76 Å². The highest BCUT2D eigenvalue weighted by Crippen LogP contribution is 2.22. The fourth-order valence-electron chi connectivity index (χ4n) is 2.87. The molecule has 4 nitrogen and oxygen atoms in total. The number of benzene rings is 2. The number of hydrogen-bond acceptors (Lipinski definition) is 4. The van der Waals surface area contributed by atoms with Crippen LogP contribution in [-0.4, -0.2) is 5.91 Å². The molecule has 27 heavy (non-hydrogen) atoms. The average molecular weight is 377 g/mol. The van der Waals surface area contributed by atoms with Crippen molar-refractivity contribution < 1.29 is 13.9 Å². The summed E-state index contributed by atoms with van der Waals surface area (Å²) in [7, 11) is 0. The fraction of sp³-hybridized carbons (Fsp3) is 0.136. The highest BCUT2D eigenvalue weighted by Gasteiger charge is 2.15. The Balaban J connectivity index is 1.37. The predicted octanol–water partition coefficient (Wildman–Crippen LogP) is 5.56. The van der Waals surface area contributed by atoms with Gasteiger partial charge in [-0.15, -0.1) is 11.3 Å². The predicted molar refractivity (Wildman–Crippen MR) is 107 cm³/mol. The Morgan fingerprint density at radius 3 is 2.74 bits per heavy atom. The average Bonchev–Trinajstić information content (AvgIpc) is 3.38. The molecular weight excluding hydrogens is 358 g/mol. The summed E-state index contributed by atoms with van der Waals surface area (Å²) in [6.07, 6.45) is 0. The molecule has 0 radical (unpaired) electrons. The van der Waals surface area contributed by atoms with Gasteiger partial charge >= 0.3 is 0 Å². The van der Waals surface area contributed by atoms with Crippen molar-refractivity contribution in [1.29, 1.82) is 0 Å². The zero-order valence-corrected chi connectivity index (χ0v) is 15.7. The van der Waals surface area contributed by atoms with Crippen LogP contribution < -0.4 is 10.1 Å². The third-order valence-electron chi connectivity index (χ3n) is 4.31. The maximum atomic E-state index is 12.3. The molecule has 0 saturated carbocycles. The Hall–Kier alpha value is -3.05. The molecule has 0 saturated heterocycles.